The van der Waals surface area contributed by atoms with Crippen molar-refractivity contribution in [3.63, 3.8) is 0 Å². The van der Waals surface area contributed by atoms with Crippen LogP contribution in [0.15, 0.2) is 34.1 Å². The maximum Gasteiger partial charge on any atom is 0.332 e. The Morgan fingerprint density at radius 3 is 2.65 bits per heavy atom. The molecule has 138 valence electrons. The van der Waals surface area contributed by atoms with E-state index in [9.17, 15) is 14.7 Å². The van der Waals surface area contributed by atoms with Crippen molar-refractivity contribution in [2.75, 3.05) is 6.61 Å². The monoisotopic (exact) mass is 398 g/mol. The summed E-state index contributed by atoms with van der Waals surface area (Å²) >= 11 is 11.8. The first-order chi connectivity index (χ1) is 12.3. The predicted octanol–water partition coefficient (Wildman–Crippen LogP) is 1.18. The van der Waals surface area contributed by atoms with Crippen LogP contribution in [0.25, 0.3) is 11.2 Å². The molecule has 0 spiro atoms. The number of aryl methyl sites for hydroxylation is 1. The molecule has 26 heavy (non-hydrogen) atoms. The van der Waals surface area contributed by atoms with Gasteiger partial charge in [-0.1, -0.05) is 23.2 Å². The molecule has 3 rings (SSSR count). The van der Waals surface area contributed by atoms with Gasteiger partial charge in [-0.25, -0.2) is 9.78 Å². The minimum absolute atomic E-state index is 0.0485. The van der Waals surface area contributed by atoms with Gasteiger partial charge in [0.25, 0.3) is 5.56 Å². The van der Waals surface area contributed by atoms with Crippen LogP contribution in [0, 0.1) is 0 Å². The Labute approximate surface area is 157 Å². The van der Waals surface area contributed by atoms with E-state index in [4.69, 9.17) is 27.9 Å². The van der Waals surface area contributed by atoms with Crippen LogP contribution in [0.5, 0.6) is 5.75 Å². The van der Waals surface area contributed by atoms with Crippen LogP contribution in [0.4, 0.5) is 0 Å². The quantitative estimate of drug-likeness (QED) is 0.696. The molecule has 0 saturated heterocycles. The summed E-state index contributed by atoms with van der Waals surface area (Å²) in [6.07, 6.45) is 0.477. The van der Waals surface area contributed by atoms with E-state index in [-0.39, 0.29) is 24.3 Å². The molecule has 0 saturated carbocycles. The molecule has 1 aromatic carbocycles. The molecule has 10 heteroatoms. The van der Waals surface area contributed by atoms with E-state index in [1.807, 2.05) is 0 Å². The molecule has 0 radical (unpaired) electrons. The van der Waals surface area contributed by atoms with E-state index in [0.717, 1.165) is 4.57 Å². The van der Waals surface area contributed by atoms with Gasteiger partial charge in [0.1, 0.15) is 18.5 Å². The second-order valence-corrected chi connectivity index (χ2v) is 6.66. The highest BCUT2D eigenvalue weighted by Crippen LogP contribution is 2.27. The highest BCUT2D eigenvalue weighted by Gasteiger charge is 2.17. The van der Waals surface area contributed by atoms with Crippen LogP contribution in [-0.2, 0) is 20.6 Å². The van der Waals surface area contributed by atoms with Crippen LogP contribution < -0.4 is 16.0 Å². The highest BCUT2D eigenvalue weighted by atomic mass is 35.5. The Bertz CT molecular complexity index is 1090. The second kappa shape index (κ2) is 7.14. The summed E-state index contributed by atoms with van der Waals surface area (Å²) in [6, 6.07) is 4.77. The van der Waals surface area contributed by atoms with Crippen molar-refractivity contribution in [1.29, 1.82) is 0 Å². The lowest BCUT2D eigenvalue weighted by atomic mass is 10.3. The van der Waals surface area contributed by atoms with Crippen molar-refractivity contribution in [2.45, 2.75) is 12.6 Å². The van der Waals surface area contributed by atoms with Gasteiger partial charge in [-0.3, -0.25) is 13.9 Å². The molecular weight excluding hydrogens is 383 g/mol. The minimum Gasteiger partial charge on any atom is -0.489 e. The van der Waals surface area contributed by atoms with Crippen molar-refractivity contribution in [3.05, 3.63) is 55.4 Å². The number of rotatable bonds is 5. The van der Waals surface area contributed by atoms with E-state index < -0.39 is 17.4 Å². The summed E-state index contributed by atoms with van der Waals surface area (Å²) in [6.45, 7) is 0.0161. The predicted molar refractivity (Wildman–Crippen MR) is 98.2 cm³/mol. The molecule has 1 atom stereocenters. The molecule has 2 heterocycles. The molecule has 0 bridgehead atoms. The van der Waals surface area contributed by atoms with E-state index in [1.54, 1.807) is 18.2 Å². The average molecular weight is 399 g/mol. The maximum atomic E-state index is 12.4. The molecule has 2 aromatic heterocycles. The highest BCUT2D eigenvalue weighted by molar-refractivity contribution is 6.35. The van der Waals surface area contributed by atoms with Gasteiger partial charge in [-0.05, 0) is 18.2 Å². The fourth-order valence-electron chi connectivity index (χ4n) is 2.59. The van der Waals surface area contributed by atoms with E-state index in [0.29, 0.717) is 15.8 Å². The summed E-state index contributed by atoms with van der Waals surface area (Å²) in [5.41, 5.74) is -0.450. The summed E-state index contributed by atoms with van der Waals surface area (Å²) in [5.74, 6) is 0.393. The zero-order chi connectivity index (χ0) is 19.0. The molecule has 0 amide bonds. The number of ether oxygens (including phenoxy) is 1. The first kappa shape index (κ1) is 18.5. The third-order valence-corrected chi connectivity index (χ3v) is 4.48. The first-order valence-corrected chi connectivity index (χ1v) is 8.42. The largest absolute Gasteiger partial charge is 0.489 e. The maximum absolute atomic E-state index is 12.4. The molecule has 3 aromatic rings. The van der Waals surface area contributed by atoms with Crippen molar-refractivity contribution >= 4 is 34.4 Å². The van der Waals surface area contributed by atoms with Crippen LogP contribution >= 0.6 is 23.2 Å². The standard InChI is InChI=1S/C16H16Cl2N4O4/c1-20-14-13(15(24)21(2)16(20)25)22(8-19-14)6-10(23)7-26-12-4-3-9(17)5-11(12)18/h3-5,8,10,23H,6-7H2,1-2H3/t10-/m0/s1. The van der Waals surface area contributed by atoms with Gasteiger partial charge in [0.15, 0.2) is 11.2 Å². The number of aliphatic hydroxyl groups excluding tert-OH is 1. The lowest BCUT2D eigenvalue weighted by Crippen LogP contribution is -2.38. The van der Waals surface area contributed by atoms with Crippen molar-refractivity contribution in [3.8, 4) is 5.75 Å². The molecule has 0 aliphatic heterocycles. The molecule has 0 unspecified atom stereocenters. The summed E-state index contributed by atoms with van der Waals surface area (Å²) in [5, 5.41) is 11.1. The van der Waals surface area contributed by atoms with Gasteiger partial charge in [0.05, 0.1) is 17.9 Å². The van der Waals surface area contributed by atoms with Crippen LogP contribution in [0.1, 0.15) is 0 Å². The van der Waals surface area contributed by atoms with E-state index >= 15 is 0 Å². The number of benzene rings is 1. The number of nitrogens with zero attached hydrogens (tertiary/aromatic N) is 4. The number of fused-ring (bicyclic) bond motifs is 1. The second-order valence-electron chi connectivity index (χ2n) is 5.81. The third-order valence-electron chi connectivity index (χ3n) is 3.95. The zero-order valence-corrected chi connectivity index (χ0v) is 15.5. The molecule has 0 aliphatic carbocycles. The number of aliphatic hydroxyl groups is 1. The Morgan fingerprint density at radius 2 is 1.96 bits per heavy atom. The Balaban J connectivity index is 1.81. The molecule has 1 N–H and O–H groups in total. The van der Waals surface area contributed by atoms with E-state index in [1.165, 1.54) is 29.6 Å². The average Bonchev–Trinajstić information content (AvgIpc) is 3.01. The van der Waals surface area contributed by atoms with Gasteiger partial charge < -0.3 is 14.4 Å². The van der Waals surface area contributed by atoms with Crippen molar-refractivity contribution in [2.24, 2.45) is 14.1 Å². The van der Waals surface area contributed by atoms with Crippen molar-refractivity contribution < 1.29 is 9.84 Å². The van der Waals surface area contributed by atoms with Gasteiger partial charge in [0, 0.05) is 19.1 Å². The smallest absolute Gasteiger partial charge is 0.332 e. The van der Waals surface area contributed by atoms with Gasteiger partial charge >= 0.3 is 5.69 Å². The number of hydrogen-bond acceptors (Lipinski definition) is 5. The van der Waals surface area contributed by atoms with Crippen LogP contribution in [0.3, 0.4) is 0 Å². The normalized spacial score (nSPS) is 12.5. The molecule has 0 aliphatic rings. The van der Waals surface area contributed by atoms with Crippen LogP contribution in [-0.4, -0.2) is 36.5 Å². The summed E-state index contributed by atoms with van der Waals surface area (Å²) in [7, 11) is 2.92. The Morgan fingerprint density at radius 1 is 1.23 bits per heavy atom. The van der Waals surface area contributed by atoms with Crippen LogP contribution in [0.2, 0.25) is 10.0 Å². The Hall–Kier alpha value is -2.29. The van der Waals surface area contributed by atoms with Crippen molar-refractivity contribution in [1.82, 2.24) is 18.7 Å². The number of halogens is 2. The van der Waals surface area contributed by atoms with Gasteiger partial charge in [-0.2, -0.15) is 0 Å². The fraction of sp³-hybridized carbons (Fsp3) is 0.312. The minimum atomic E-state index is -0.930. The number of imidazole rings is 1. The number of aromatic nitrogens is 4. The lowest BCUT2D eigenvalue weighted by molar-refractivity contribution is 0.0934. The van der Waals surface area contributed by atoms with Gasteiger partial charge in [-0.15, -0.1) is 0 Å². The molecule has 0 fully saturated rings. The SMILES string of the molecule is Cn1c(=O)c2c(ncn2C[C@H](O)COc2ccc(Cl)cc2Cl)n(C)c1=O. The third kappa shape index (κ3) is 3.35. The number of hydrogen-bond donors (Lipinski definition) is 1. The first-order valence-electron chi connectivity index (χ1n) is 7.66. The summed E-state index contributed by atoms with van der Waals surface area (Å²) in [4.78, 5) is 28.4. The lowest BCUT2D eigenvalue weighted by Gasteiger charge is -2.14. The van der Waals surface area contributed by atoms with Gasteiger partial charge in [0.2, 0.25) is 0 Å². The zero-order valence-electron chi connectivity index (χ0n) is 14.0. The molecular formula is C16H16Cl2N4O4. The van der Waals surface area contributed by atoms with E-state index in [2.05, 4.69) is 4.98 Å². The summed E-state index contributed by atoms with van der Waals surface area (Å²) < 4.78 is 9.27. The molecule has 8 nitrogen and oxygen atoms in total. The fourth-order valence-corrected chi connectivity index (χ4v) is 3.06. The Kier molecular flexibility index (Phi) is 5.08. The topological polar surface area (TPSA) is 91.3 Å².